The largest absolute Gasteiger partial charge is 0.325 e. The van der Waals surface area contributed by atoms with Crippen LogP contribution < -0.4 is 10.2 Å². The molecule has 1 aromatic carbocycles. The standard InChI is InChI=1S/C17H19ClN4O2S/c1-17(2,14(23)20-15-19-11-13(18)25-15)22-10-6-9-21(16(22)24)12-7-4-3-5-8-12/h3-5,7-8,11H,6,9-10H2,1-2H3,(H,19,20,23). The predicted octanol–water partition coefficient (Wildman–Crippen LogP) is 3.85. The molecule has 1 aromatic heterocycles. The zero-order valence-corrected chi connectivity index (χ0v) is 15.6. The van der Waals surface area contributed by atoms with Crippen LogP contribution in [0.2, 0.25) is 4.34 Å². The highest BCUT2D eigenvalue weighted by Gasteiger charge is 2.42. The van der Waals surface area contributed by atoms with Crippen molar-refractivity contribution in [1.82, 2.24) is 9.88 Å². The number of benzene rings is 1. The number of hydrogen-bond donors (Lipinski definition) is 1. The van der Waals surface area contributed by atoms with E-state index in [1.807, 2.05) is 30.3 Å². The number of nitrogens with one attached hydrogen (secondary N) is 1. The Balaban J connectivity index is 1.78. The number of hydrogen-bond acceptors (Lipinski definition) is 4. The maximum absolute atomic E-state index is 13.0. The van der Waals surface area contributed by atoms with Crippen LogP contribution >= 0.6 is 22.9 Å². The first-order valence-corrected chi connectivity index (χ1v) is 9.16. The van der Waals surface area contributed by atoms with Crippen LogP contribution in [0.15, 0.2) is 36.5 Å². The summed E-state index contributed by atoms with van der Waals surface area (Å²) in [4.78, 5) is 33.1. The number of carbonyl (C=O) groups is 2. The number of urea groups is 1. The average Bonchev–Trinajstić information content (AvgIpc) is 3.00. The van der Waals surface area contributed by atoms with Crippen molar-refractivity contribution in [2.45, 2.75) is 25.8 Å². The summed E-state index contributed by atoms with van der Waals surface area (Å²) in [7, 11) is 0. The lowest BCUT2D eigenvalue weighted by molar-refractivity contribution is -0.124. The topological polar surface area (TPSA) is 65.5 Å². The Morgan fingerprint density at radius 1 is 1.28 bits per heavy atom. The molecule has 0 bridgehead atoms. The molecule has 1 aliphatic rings. The minimum Gasteiger partial charge on any atom is -0.310 e. The van der Waals surface area contributed by atoms with Gasteiger partial charge in [0.2, 0.25) is 0 Å². The molecule has 3 amide bonds. The van der Waals surface area contributed by atoms with Gasteiger partial charge in [0, 0.05) is 18.8 Å². The smallest absolute Gasteiger partial charge is 0.310 e. The number of anilines is 2. The number of halogens is 1. The fourth-order valence-electron chi connectivity index (χ4n) is 2.77. The Bertz CT molecular complexity index is 778. The number of para-hydroxylation sites is 1. The van der Waals surface area contributed by atoms with Gasteiger partial charge in [-0.05, 0) is 32.4 Å². The van der Waals surface area contributed by atoms with E-state index in [0.717, 1.165) is 12.1 Å². The second-order valence-electron chi connectivity index (χ2n) is 6.26. The quantitative estimate of drug-likeness (QED) is 0.878. The molecule has 25 heavy (non-hydrogen) atoms. The van der Waals surface area contributed by atoms with Gasteiger partial charge in [-0.2, -0.15) is 0 Å². The van der Waals surface area contributed by atoms with Crippen molar-refractivity contribution in [3.63, 3.8) is 0 Å². The molecule has 8 heteroatoms. The van der Waals surface area contributed by atoms with Gasteiger partial charge in [0.1, 0.15) is 9.88 Å². The van der Waals surface area contributed by atoms with E-state index in [1.54, 1.807) is 23.6 Å². The van der Waals surface area contributed by atoms with E-state index in [4.69, 9.17) is 11.6 Å². The van der Waals surface area contributed by atoms with Gasteiger partial charge in [0.05, 0.1) is 6.20 Å². The summed E-state index contributed by atoms with van der Waals surface area (Å²) >= 11 is 7.04. The van der Waals surface area contributed by atoms with Crippen LogP contribution in [-0.2, 0) is 4.79 Å². The van der Waals surface area contributed by atoms with Crippen molar-refractivity contribution < 1.29 is 9.59 Å². The van der Waals surface area contributed by atoms with Crippen LogP contribution in [0.5, 0.6) is 0 Å². The molecule has 132 valence electrons. The molecule has 1 N–H and O–H groups in total. The molecule has 1 aliphatic heterocycles. The van der Waals surface area contributed by atoms with E-state index >= 15 is 0 Å². The summed E-state index contributed by atoms with van der Waals surface area (Å²) in [6.07, 6.45) is 2.28. The van der Waals surface area contributed by atoms with Crippen LogP contribution in [0.4, 0.5) is 15.6 Å². The lowest BCUT2D eigenvalue weighted by Gasteiger charge is -2.43. The third-order valence-corrected chi connectivity index (χ3v) is 5.25. The molecule has 0 unspecified atom stereocenters. The van der Waals surface area contributed by atoms with Crippen molar-refractivity contribution in [1.29, 1.82) is 0 Å². The van der Waals surface area contributed by atoms with Gasteiger partial charge in [0.25, 0.3) is 5.91 Å². The molecule has 0 radical (unpaired) electrons. The van der Waals surface area contributed by atoms with Crippen molar-refractivity contribution in [2.24, 2.45) is 0 Å². The second-order valence-corrected chi connectivity index (χ2v) is 7.92. The molecule has 2 aromatic rings. The summed E-state index contributed by atoms with van der Waals surface area (Å²) in [5, 5.41) is 3.17. The average molecular weight is 379 g/mol. The first-order chi connectivity index (χ1) is 11.9. The van der Waals surface area contributed by atoms with Crippen molar-refractivity contribution >= 4 is 45.7 Å². The van der Waals surface area contributed by atoms with E-state index in [9.17, 15) is 9.59 Å². The van der Waals surface area contributed by atoms with Gasteiger partial charge in [-0.1, -0.05) is 41.1 Å². The van der Waals surface area contributed by atoms with Gasteiger partial charge in [-0.3, -0.25) is 15.0 Å². The fourth-order valence-corrected chi connectivity index (χ4v) is 3.58. The molecular weight excluding hydrogens is 360 g/mol. The fraction of sp³-hybridized carbons (Fsp3) is 0.353. The molecule has 6 nitrogen and oxygen atoms in total. The number of thiazole rings is 1. The van der Waals surface area contributed by atoms with Gasteiger partial charge in [-0.15, -0.1) is 0 Å². The minimum absolute atomic E-state index is 0.172. The zero-order valence-electron chi connectivity index (χ0n) is 14.0. The van der Waals surface area contributed by atoms with E-state index in [1.165, 1.54) is 17.5 Å². The van der Waals surface area contributed by atoms with Crippen LogP contribution in [0, 0.1) is 0 Å². The lowest BCUT2D eigenvalue weighted by atomic mass is 10.00. The molecular formula is C17H19ClN4O2S. The molecule has 0 spiro atoms. The summed E-state index contributed by atoms with van der Waals surface area (Å²) < 4.78 is 0.498. The monoisotopic (exact) mass is 378 g/mol. The minimum atomic E-state index is -1.01. The second kappa shape index (κ2) is 7.01. The Labute approximate surface area is 155 Å². The number of aromatic nitrogens is 1. The normalized spacial score (nSPS) is 15.4. The van der Waals surface area contributed by atoms with Gasteiger partial charge in [0.15, 0.2) is 5.13 Å². The molecule has 3 rings (SSSR count). The number of carbonyl (C=O) groups excluding carboxylic acids is 2. The molecule has 0 saturated carbocycles. The van der Waals surface area contributed by atoms with Gasteiger partial charge >= 0.3 is 6.03 Å². The van der Waals surface area contributed by atoms with Crippen LogP contribution in [0.3, 0.4) is 0 Å². The van der Waals surface area contributed by atoms with Gasteiger partial charge < -0.3 is 4.90 Å². The molecule has 0 aliphatic carbocycles. The highest BCUT2D eigenvalue weighted by atomic mass is 35.5. The Morgan fingerprint density at radius 2 is 2.00 bits per heavy atom. The summed E-state index contributed by atoms with van der Waals surface area (Å²) in [6, 6.07) is 9.32. The highest BCUT2D eigenvalue weighted by Crippen LogP contribution is 2.28. The van der Waals surface area contributed by atoms with Gasteiger partial charge in [-0.25, -0.2) is 9.78 Å². The maximum Gasteiger partial charge on any atom is 0.325 e. The van der Waals surface area contributed by atoms with Crippen LogP contribution in [0.1, 0.15) is 20.3 Å². The zero-order chi connectivity index (χ0) is 18.0. The third-order valence-electron chi connectivity index (χ3n) is 4.22. The SMILES string of the molecule is CC(C)(C(=O)Nc1ncc(Cl)s1)N1CCCN(c2ccccc2)C1=O. The Hall–Kier alpha value is -2.12. The van der Waals surface area contributed by atoms with Crippen molar-refractivity contribution in [3.05, 3.63) is 40.9 Å². The van der Waals surface area contributed by atoms with Crippen LogP contribution in [-0.4, -0.2) is 40.5 Å². The Morgan fingerprint density at radius 3 is 2.64 bits per heavy atom. The van der Waals surface area contributed by atoms with E-state index in [2.05, 4.69) is 10.3 Å². The van der Waals surface area contributed by atoms with Crippen molar-refractivity contribution in [2.75, 3.05) is 23.3 Å². The molecule has 2 heterocycles. The van der Waals surface area contributed by atoms with Crippen molar-refractivity contribution in [3.8, 4) is 0 Å². The van der Waals surface area contributed by atoms with Crippen LogP contribution in [0.25, 0.3) is 0 Å². The van der Waals surface area contributed by atoms with E-state index in [0.29, 0.717) is 22.6 Å². The van der Waals surface area contributed by atoms with E-state index < -0.39 is 5.54 Å². The first-order valence-electron chi connectivity index (χ1n) is 7.96. The summed E-state index contributed by atoms with van der Waals surface area (Å²) in [6.45, 7) is 4.65. The lowest BCUT2D eigenvalue weighted by Crippen LogP contribution is -2.61. The number of rotatable bonds is 4. The maximum atomic E-state index is 13.0. The first kappa shape index (κ1) is 17.7. The molecule has 1 saturated heterocycles. The number of nitrogens with zero attached hydrogens (tertiary/aromatic N) is 3. The Kier molecular flexibility index (Phi) is 4.96. The molecule has 1 fully saturated rings. The summed E-state index contributed by atoms with van der Waals surface area (Å²) in [5.41, 5.74) is -0.178. The van der Waals surface area contributed by atoms with E-state index in [-0.39, 0.29) is 11.9 Å². The third kappa shape index (κ3) is 3.62. The number of amides is 3. The summed E-state index contributed by atoms with van der Waals surface area (Å²) in [5.74, 6) is -0.290. The predicted molar refractivity (Wildman–Crippen MR) is 100 cm³/mol. The highest BCUT2D eigenvalue weighted by molar-refractivity contribution is 7.19. The molecule has 0 atom stereocenters.